The smallest absolute Gasteiger partial charge is 0.399 e. The van der Waals surface area contributed by atoms with E-state index in [0.717, 1.165) is 16.4 Å². The quantitative estimate of drug-likeness (QED) is 0.797. The summed E-state index contributed by atoms with van der Waals surface area (Å²) in [7, 11) is -0.343. The van der Waals surface area contributed by atoms with Crippen molar-refractivity contribution in [2.24, 2.45) is 0 Å². The SMILES string of the molecule is Cc1cc(B2OC(C)(C)C(C)(C)O2)c2cn[nH]c2c1. The fourth-order valence-electron chi connectivity index (χ4n) is 2.39. The molecule has 1 N–H and O–H groups in total. The minimum atomic E-state index is -0.343. The van der Waals surface area contributed by atoms with Crippen LogP contribution in [0.5, 0.6) is 0 Å². The molecule has 0 amide bonds. The molecule has 4 nitrogen and oxygen atoms in total. The summed E-state index contributed by atoms with van der Waals surface area (Å²) in [5.74, 6) is 0. The van der Waals surface area contributed by atoms with Crippen LogP contribution in [0.4, 0.5) is 0 Å². The van der Waals surface area contributed by atoms with Gasteiger partial charge in [-0.15, -0.1) is 0 Å². The largest absolute Gasteiger partial charge is 0.495 e. The number of nitrogens with one attached hydrogen (secondary N) is 1. The van der Waals surface area contributed by atoms with E-state index >= 15 is 0 Å². The van der Waals surface area contributed by atoms with E-state index in [2.05, 4.69) is 56.9 Å². The van der Waals surface area contributed by atoms with Crippen molar-refractivity contribution in [1.82, 2.24) is 10.2 Å². The molecule has 0 bridgehead atoms. The number of hydrogen-bond donors (Lipinski definition) is 1. The monoisotopic (exact) mass is 258 g/mol. The summed E-state index contributed by atoms with van der Waals surface area (Å²) in [6.07, 6.45) is 1.83. The number of hydrogen-bond acceptors (Lipinski definition) is 3. The van der Waals surface area contributed by atoms with E-state index in [1.165, 1.54) is 5.56 Å². The maximum Gasteiger partial charge on any atom is 0.495 e. The Balaban J connectivity index is 2.09. The van der Waals surface area contributed by atoms with Gasteiger partial charge in [-0.2, -0.15) is 5.10 Å². The lowest BCUT2D eigenvalue weighted by molar-refractivity contribution is 0.00578. The minimum Gasteiger partial charge on any atom is -0.399 e. The van der Waals surface area contributed by atoms with Crippen LogP contribution in [-0.2, 0) is 9.31 Å². The first-order valence-corrected chi connectivity index (χ1v) is 6.59. The van der Waals surface area contributed by atoms with Crippen LogP contribution in [0.2, 0.25) is 0 Å². The molecule has 0 unspecified atom stereocenters. The van der Waals surface area contributed by atoms with Gasteiger partial charge in [0.25, 0.3) is 0 Å². The van der Waals surface area contributed by atoms with E-state index in [1.54, 1.807) is 0 Å². The molecule has 19 heavy (non-hydrogen) atoms. The van der Waals surface area contributed by atoms with E-state index in [0.29, 0.717) is 0 Å². The normalized spacial score (nSPS) is 21.2. The molecule has 0 atom stereocenters. The van der Waals surface area contributed by atoms with Crippen LogP contribution in [-0.4, -0.2) is 28.5 Å². The molecule has 1 aromatic carbocycles. The molecule has 1 aliphatic heterocycles. The summed E-state index contributed by atoms with van der Waals surface area (Å²) in [6, 6.07) is 4.19. The van der Waals surface area contributed by atoms with Gasteiger partial charge in [0.2, 0.25) is 0 Å². The van der Waals surface area contributed by atoms with Crippen molar-refractivity contribution in [1.29, 1.82) is 0 Å². The third-order valence-corrected chi connectivity index (χ3v) is 4.24. The molecular weight excluding hydrogens is 239 g/mol. The molecule has 1 aromatic heterocycles. The average Bonchev–Trinajstić information content (AvgIpc) is 2.80. The van der Waals surface area contributed by atoms with Gasteiger partial charge < -0.3 is 9.31 Å². The van der Waals surface area contributed by atoms with E-state index in [9.17, 15) is 0 Å². The predicted molar refractivity (Wildman–Crippen MR) is 76.5 cm³/mol. The van der Waals surface area contributed by atoms with Crippen LogP contribution in [0.3, 0.4) is 0 Å². The highest BCUT2D eigenvalue weighted by Gasteiger charge is 2.52. The van der Waals surface area contributed by atoms with Gasteiger partial charge in [0.1, 0.15) is 0 Å². The molecule has 3 rings (SSSR count). The zero-order valence-electron chi connectivity index (χ0n) is 12.1. The van der Waals surface area contributed by atoms with Gasteiger partial charge in [-0.1, -0.05) is 6.07 Å². The first-order valence-electron chi connectivity index (χ1n) is 6.59. The van der Waals surface area contributed by atoms with E-state index in [4.69, 9.17) is 9.31 Å². The summed E-state index contributed by atoms with van der Waals surface area (Å²) < 4.78 is 12.2. The molecule has 1 aliphatic rings. The Morgan fingerprint density at radius 2 is 1.74 bits per heavy atom. The number of benzene rings is 1. The minimum absolute atomic E-state index is 0.322. The Morgan fingerprint density at radius 3 is 2.37 bits per heavy atom. The van der Waals surface area contributed by atoms with Crippen molar-refractivity contribution in [2.45, 2.75) is 45.8 Å². The van der Waals surface area contributed by atoms with Crippen molar-refractivity contribution in [2.75, 3.05) is 0 Å². The topological polar surface area (TPSA) is 47.1 Å². The second kappa shape index (κ2) is 3.84. The summed E-state index contributed by atoms with van der Waals surface area (Å²) in [6.45, 7) is 10.3. The molecule has 2 aromatic rings. The molecule has 0 radical (unpaired) electrons. The highest BCUT2D eigenvalue weighted by molar-refractivity contribution is 6.65. The van der Waals surface area contributed by atoms with E-state index in [1.807, 2.05) is 6.20 Å². The third kappa shape index (κ3) is 1.88. The van der Waals surface area contributed by atoms with Gasteiger partial charge >= 0.3 is 7.12 Å². The first-order chi connectivity index (χ1) is 8.80. The molecule has 1 saturated heterocycles. The number of rotatable bonds is 1. The fourth-order valence-corrected chi connectivity index (χ4v) is 2.39. The second-order valence-electron chi connectivity index (χ2n) is 6.27. The molecule has 100 valence electrons. The van der Waals surface area contributed by atoms with Crippen molar-refractivity contribution in [3.63, 3.8) is 0 Å². The van der Waals surface area contributed by atoms with Crippen LogP contribution in [0.15, 0.2) is 18.3 Å². The van der Waals surface area contributed by atoms with Gasteiger partial charge in [-0.3, -0.25) is 5.10 Å². The first kappa shape index (κ1) is 12.7. The molecular formula is C14H19BN2O2. The van der Waals surface area contributed by atoms with Crippen LogP contribution < -0.4 is 5.46 Å². The Kier molecular flexibility index (Phi) is 2.56. The van der Waals surface area contributed by atoms with Crippen molar-refractivity contribution < 1.29 is 9.31 Å². The number of H-pyrrole nitrogens is 1. The van der Waals surface area contributed by atoms with Crippen LogP contribution >= 0.6 is 0 Å². The molecule has 1 fully saturated rings. The summed E-state index contributed by atoms with van der Waals surface area (Å²) in [4.78, 5) is 0. The summed E-state index contributed by atoms with van der Waals surface area (Å²) in [5, 5.41) is 8.17. The van der Waals surface area contributed by atoms with Gasteiger partial charge in [-0.25, -0.2) is 0 Å². The van der Waals surface area contributed by atoms with Gasteiger partial charge in [0, 0.05) is 5.39 Å². The number of fused-ring (bicyclic) bond motifs is 1. The van der Waals surface area contributed by atoms with Crippen LogP contribution in [0.25, 0.3) is 10.9 Å². The highest BCUT2D eigenvalue weighted by atomic mass is 16.7. The summed E-state index contributed by atoms with van der Waals surface area (Å²) >= 11 is 0. The number of aromatic amines is 1. The molecule has 5 heteroatoms. The van der Waals surface area contributed by atoms with Crippen molar-refractivity contribution in [3.05, 3.63) is 23.9 Å². The Morgan fingerprint density at radius 1 is 1.11 bits per heavy atom. The maximum atomic E-state index is 6.12. The average molecular weight is 258 g/mol. The number of nitrogens with zero attached hydrogens (tertiary/aromatic N) is 1. The standard InChI is InChI=1S/C14H19BN2O2/c1-9-6-11(10-8-16-17-12(10)7-9)15-18-13(2,3)14(4,5)19-15/h6-8H,1-5H3,(H,16,17). The zero-order chi connectivity index (χ0) is 13.8. The van der Waals surface area contributed by atoms with Crippen molar-refractivity contribution in [3.8, 4) is 0 Å². The highest BCUT2D eigenvalue weighted by Crippen LogP contribution is 2.37. The third-order valence-electron chi connectivity index (χ3n) is 4.24. The lowest BCUT2D eigenvalue weighted by atomic mass is 9.76. The van der Waals surface area contributed by atoms with Gasteiger partial charge in [-0.05, 0) is 51.7 Å². The van der Waals surface area contributed by atoms with E-state index in [-0.39, 0.29) is 18.3 Å². The Bertz CT molecular complexity index is 617. The molecule has 0 aliphatic carbocycles. The lowest BCUT2D eigenvalue weighted by Crippen LogP contribution is -2.41. The van der Waals surface area contributed by atoms with Crippen LogP contribution in [0, 0.1) is 6.92 Å². The molecule has 2 heterocycles. The zero-order valence-corrected chi connectivity index (χ0v) is 12.1. The Hall–Kier alpha value is -1.33. The predicted octanol–water partition coefficient (Wildman–Crippen LogP) is 2.17. The van der Waals surface area contributed by atoms with Gasteiger partial charge in [0.05, 0.1) is 22.9 Å². The van der Waals surface area contributed by atoms with Gasteiger partial charge in [0.15, 0.2) is 0 Å². The Labute approximate surface area is 113 Å². The molecule has 0 saturated carbocycles. The number of aryl methyl sites for hydroxylation is 1. The van der Waals surface area contributed by atoms with Crippen molar-refractivity contribution >= 4 is 23.5 Å². The number of aromatic nitrogens is 2. The van der Waals surface area contributed by atoms with Crippen LogP contribution in [0.1, 0.15) is 33.3 Å². The fraction of sp³-hybridized carbons (Fsp3) is 0.500. The second-order valence-corrected chi connectivity index (χ2v) is 6.27. The summed E-state index contributed by atoms with van der Waals surface area (Å²) in [5.41, 5.74) is 2.59. The molecule has 0 spiro atoms. The lowest BCUT2D eigenvalue weighted by Gasteiger charge is -2.32. The van der Waals surface area contributed by atoms with E-state index < -0.39 is 0 Å². The maximum absolute atomic E-state index is 6.12.